The van der Waals surface area contributed by atoms with Crippen LogP contribution in [0.2, 0.25) is 0 Å². The van der Waals surface area contributed by atoms with Crippen LogP contribution in [0.15, 0.2) is 60.0 Å². The highest BCUT2D eigenvalue weighted by Gasteiger charge is 2.13. The number of nitrogens with zero attached hydrogens (tertiary/aromatic N) is 3. The Morgan fingerprint density at radius 1 is 1.10 bits per heavy atom. The molecule has 3 heterocycles. The van der Waals surface area contributed by atoms with Crippen LogP contribution in [0.3, 0.4) is 0 Å². The molecule has 0 spiro atoms. The predicted molar refractivity (Wildman–Crippen MR) is 111 cm³/mol. The minimum absolute atomic E-state index is 0.269. The first-order valence-electron chi connectivity index (χ1n) is 9.05. The molecule has 1 amide bonds. The molecule has 2 aromatic heterocycles. The Kier molecular flexibility index (Phi) is 4.45. The van der Waals surface area contributed by atoms with Crippen molar-refractivity contribution in [1.29, 1.82) is 0 Å². The fourth-order valence-electron chi connectivity index (χ4n) is 3.03. The zero-order valence-electron chi connectivity index (χ0n) is 15.2. The molecule has 4 aromatic rings. The van der Waals surface area contributed by atoms with E-state index in [2.05, 4.69) is 15.4 Å². The molecule has 0 saturated heterocycles. The molecule has 8 heteroatoms. The molecule has 7 nitrogen and oxygen atoms in total. The van der Waals surface area contributed by atoms with E-state index in [1.165, 1.54) is 17.4 Å². The van der Waals surface area contributed by atoms with Crippen molar-refractivity contribution in [2.75, 3.05) is 18.5 Å². The van der Waals surface area contributed by atoms with Gasteiger partial charge in [-0.2, -0.15) is 4.98 Å². The van der Waals surface area contributed by atoms with E-state index < -0.39 is 0 Å². The molecule has 144 valence electrons. The molecular formula is C21H16N4O3S. The lowest BCUT2D eigenvalue weighted by molar-refractivity contribution is -0.111. The minimum Gasteiger partial charge on any atom is -0.486 e. The molecule has 5 rings (SSSR count). The van der Waals surface area contributed by atoms with Gasteiger partial charge in [-0.1, -0.05) is 36.4 Å². The second-order valence-corrected chi connectivity index (χ2v) is 7.18. The Bertz CT molecular complexity index is 1210. The first kappa shape index (κ1) is 17.4. The maximum Gasteiger partial charge on any atom is 0.250 e. The van der Waals surface area contributed by atoms with Crippen molar-refractivity contribution in [1.82, 2.24) is 14.6 Å². The maximum atomic E-state index is 12.3. The number of carbonyl (C=O) groups is 1. The first-order valence-corrected chi connectivity index (χ1v) is 9.93. The van der Waals surface area contributed by atoms with Gasteiger partial charge in [0.1, 0.15) is 13.2 Å². The quantitative estimate of drug-likeness (QED) is 0.522. The number of fused-ring (bicyclic) bond motifs is 2. The number of benzene rings is 2. The molecule has 0 unspecified atom stereocenters. The van der Waals surface area contributed by atoms with Gasteiger partial charge in [0.05, 0.1) is 5.69 Å². The van der Waals surface area contributed by atoms with E-state index in [0.717, 1.165) is 21.8 Å². The van der Waals surface area contributed by atoms with Crippen molar-refractivity contribution < 1.29 is 14.3 Å². The lowest BCUT2D eigenvalue weighted by Crippen LogP contribution is -2.15. The second kappa shape index (κ2) is 7.40. The Hall–Kier alpha value is -3.65. The number of thiazole rings is 1. The van der Waals surface area contributed by atoms with Crippen LogP contribution in [-0.4, -0.2) is 33.7 Å². The van der Waals surface area contributed by atoms with Crippen molar-refractivity contribution in [2.24, 2.45) is 0 Å². The third kappa shape index (κ3) is 3.57. The summed E-state index contributed by atoms with van der Waals surface area (Å²) in [5.41, 5.74) is 2.82. The summed E-state index contributed by atoms with van der Waals surface area (Å²) in [5.74, 6) is 1.36. The largest absolute Gasteiger partial charge is 0.486 e. The summed E-state index contributed by atoms with van der Waals surface area (Å²) >= 11 is 1.47. The van der Waals surface area contributed by atoms with Crippen LogP contribution in [0.25, 0.3) is 22.3 Å². The maximum absolute atomic E-state index is 12.3. The topological polar surface area (TPSA) is 77.8 Å². The summed E-state index contributed by atoms with van der Waals surface area (Å²) < 4.78 is 12.8. The van der Waals surface area contributed by atoms with Gasteiger partial charge < -0.3 is 9.47 Å². The van der Waals surface area contributed by atoms with E-state index in [0.29, 0.717) is 24.7 Å². The zero-order chi connectivity index (χ0) is 19.6. The lowest BCUT2D eigenvalue weighted by atomic mass is 10.2. The number of anilines is 1. The van der Waals surface area contributed by atoms with Gasteiger partial charge in [-0.25, -0.2) is 4.52 Å². The third-order valence-corrected chi connectivity index (χ3v) is 5.20. The predicted octanol–water partition coefficient (Wildman–Crippen LogP) is 3.88. The van der Waals surface area contributed by atoms with E-state index in [4.69, 9.17) is 9.47 Å². The van der Waals surface area contributed by atoms with E-state index in [1.807, 2.05) is 53.9 Å². The number of carbonyl (C=O) groups excluding carboxylic acids is 1. The number of aromatic nitrogens is 3. The van der Waals surface area contributed by atoms with Gasteiger partial charge in [0, 0.05) is 17.0 Å². The van der Waals surface area contributed by atoms with E-state index in [9.17, 15) is 4.79 Å². The van der Waals surface area contributed by atoms with Crippen LogP contribution in [0.1, 0.15) is 5.56 Å². The number of hydrogen-bond donors (Lipinski definition) is 1. The summed E-state index contributed by atoms with van der Waals surface area (Å²) in [6.07, 6.45) is 3.15. The number of hydrogen-bond acceptors (Lipinski definition) is 6. The highest BCUT2D eigenvalue weighted by Crippen LogP contribution is 2.31. The zero-order valence-corrected chi connectivity index (χ0v) is 16.1. The summed E-state index contributed by atoms with van der Waals surface area (Å²) in [4.78, 5) is 17.4. The average Bonchev–Trinajstić information content (AvgIpc) is 3.33. The van der Waals surface area contributed by atoms with Gasteiger partial charge in [0.25, 0.3) is 11.9 Å². The van der Waals surface area contributed by atoms with Gasteiger partial charge in [0.2, 0.25) is 4.96 Å². The van der Waals surface area contributed by atoms with Gasteiger partial charge in [-0.3, -0.25) is 10.1 Å². The molecule has 0 radical (unpaired) electrons. The fraction of sp³-hybridized carbons (Fsp3) is 0.0952. The van der Waals surface area contributed by atoms with Gasteiger partial charge in [-0.15, -0.1) is 16.4 Å². The van der Waals surface area contributed by atoms with Crippen molar-refractivity contribution in [3.8, 4) is 22.8 Å². The van der Waals surface area contributed by atoms with Gasteiger partial charge >= 0.3 is 0 Å². The molecule has 29 heavy (non-hydrogen) atoms. The molecule has 2 aromatic carbocycles. The lowest BCUT2D eigenvalue weighted by Gasteiger charge is -2.18. The molecule has 0 fully saturated rings. The van der Waals surface area contributed by atoms with Crippen LogP contribution in [-0.2, 0) is 4.79 Å². The highest BCUT2D eigenvalue weighted by atomic mass is 32.1. The van der Waals surface area contributed by atoms with Crippen LogP contribution < -0.4 is 14.8 Å². The SMILES string of the molecule is O=C(/C=C\c1ccc2c(c1)OCCO2)Nc1nc2scc(-c3ccccc3)n2n1. The van der Waals surface area contributed by atoms with Crippen LogP contribution >= 0.6 is 11.3 Å². The smallest absolute Gasteiger partial charge is 0.250 e. The fourth-order valence-corrected chi connectivity index (χ4v) is 3.86. The Morgan fingerprint density at radius 2 is 1.93 bits per heavy atom. The molecule has 0 bridgehead atoms. The molecule has 1 N–H and O–H groups in total. The number of nitrogens with one attached hydrogen (secondary N) is 1. The summed E-state index contributed by atoms with van der Waals surface area (Å²) in [7, 11) is 0. The van der Waals surface area contributed by atoms with Crippen LogP contribution in [0, 0.1) is 0 Å². The monoisotopic (exact) mass is 404 g/mol. The summed E-state index contributed by atoms with van der Waals surface area (Å²) in [6, 6.07) is 15.5. The van der Waals surface area contributed by atoms with Crippen molar-refractivity contribution in [2.45, 2.75) is 0 Å². The summed E-state index contributed by atoms with van der Waals surface area (Å²) in [6.45, 7) is 1.07. The minimum atomic E-state index is -0.306. The highest BCUT2D eigenvalue weighted by molar-refractivity contribution is 7.15. The third-order valence-electron chi connectivity index (χ3n) is 4.38. The normalized spacial score (nSPS) is 13.1. The molecule has 0 atom stereocenters. The molecular weight excluding hydrogens is 388 g/mol. The second-order valence-electron chi connectivity index (χ2n) is 6.34. The van der Waals surface area contributed by atoms with Crippen LogP contribution in [0.4, 0.5) is 5.95 Å². The average molecular weight is 404 g/mol. The van der Waals surface area contributed by atoms with Crippen molar-refractivity contribution in [3.05, 3.63) is 65.6 Å². The molecule has 0 aliphatic carbocycles. The molecule has 1 aliphatic heterocycles. The standard InChI is InChI=1S/C21H16N4O3S/c26-19(9-7-14-6-8-17-18(12-14)28-11-10-27-17)22-20-23-21-25(24-20)16(13-29-21)15-4-2-1-3-5-15/h1-9,12-13H,10-11H2,(H,22,24,26)/b9-7-. The Morgan fingerprint density at radius 3 is 2.79 bits per heavy atom. The van der Waals surface area contributed by atoms with E-state index in [-0.39, 0.29) is 11.9 Å². The number of rotatable bonds is 4. The van der Waals surface area contributed by atoms with Crippen molar-refractivity contribution in [3.63, 3.8) is 0 Å². The number of ether oxygens (including phenoxy) is 2. The molecule has 0 saturated carbocycles. The summed E-state index contributed by atoms with van der Waals surface area (Å²) in [5, 5.41) is 9.12. The van der Waals surface area contributed by atoms with Crippen molar-refractivity contribution >= 4 is 34.2 Å². The first-order chi connectivity index (χ1) is 14.3. The van der Waals surface area contributed by atoms with Crippen LogP contribution in [0.5, 0.6) is 11.5 Å². The van der Waals surface area contributed by atoms with E-state index in [1.54, 1.807) is 10.6 Å². The Balaban J connectivity index is 1.31. The van der Waals surface area contributed by atoms with Gasteiger partial charge in [0.15, 0.2) is 11.5 Å². The Labute approximate surface area is 170 Å². The van der Waals surface area contributed by atoms with E-state index >= 15 is 0 Å². The number of amides is 1. The van der Waals surface area contributed by atoms with Gasteiger partial charge in [-0.05, 0) is 23.8 Å². The molecule has 1 aliphatic rings.